The number of piperidine rings is 1. The molecule has 0 aromatic heterocycles. The van der Waals surface area contributed by atoms with Crippen molar-refractivity contribution in [2.24, 2.45) is 0 Å². The van der Waals surface area contributed by atoms with Gasteiger partial charge in [-0.05, 0) is 44.4 Å². The summed E-state index contributed by atoms with van der Waals surface area (Å²) >= 11 is 2.18. The zero-order valence-electron chi connectivity index (χ0n) is 15.8. The van der Waals surface area contributed by atoms with Crippen molar-refractivity contribution >= 4 is 53.5 Å². The van der Waals surface area contributed by atoms with Gasteiger partial charge in [-0.3, -0.25) is 24.6 Å². The van der Waals surface area contributed by atoms with Crippen molar-refractivity contribution in [1.82, 2.24) is 15.1 Å². The number of hydrogen-bond acceptors (Lipinski definition) is 6. The second-order valence-electron chi connectivity index (χ2n) is 7.36. The van der Waals surface area contributed by atoms with Gasteiger partial charge < -0.3 is 9.80 Å². The molecule has 7 nitrogen and oxygen atoms in total. The van der Waals surface area contributed by atoms with Crippen LogP contribution in [0.5, 0.6) is 0 Å². The van der Waals surface area contributed by atoms with Crippen molar-refractivity contribution in [2.75, 3.05) is 37.6 Å². The van der Waals surface area contributed by atoms with Crippen LogP contribution in [0.15, 0.2) is 18.2 Å². The molecule has 3 aliphatic heterocycles. The first-order valence-corrected chi connectivity index (χ1v) is 12.9. The zero-order chi connectivity index (χ0) is 20.4. The van der Waals surface area contributed by atoms with E-state index in [0.29, 0.717) is 18.5 Å². The fraction of sp³-hybridized carbons (Fsp3) is 0.450. The fourth-order valence-electron chi connectivity index (χ4n) is 4.09. The Labute approximate surface area is 186 Å². The molecule has 0 aliphatic carbocycles. The summed E-state index contributed by atoms with van der Waals surface area (Å²) in [5.74, 6) is 2.39. The van der Waals surface area contributed by atoms with E-state index in [9.17, 15) is 14.4 Å². The molecular weight excluding hydrogens is 503 g/mol. The highest BCUT2D eigenvalue weighted by atomic mass is 127. The monoisotopic (exact) mass is 524 g/mol. The summed E-state index contributed by atoms with van der Waals surface area (Å²) < 4.78 is 0. The number of imide groups is 1. The number of fused-ring (bicyclic) bond motifs is 1. The normalized spacial score (nSPS) is 22.2. The third kappa shape index (κ3) is 4.39. The number of amides is 3. The molecule has 1 unspecified atom stereocenters. The Morgan fingerprint density at radius 1 is 1.17 bits per heavy atom. The predicted molar refractivity (Wildman–Crippen MR) is 121 cm³/mol. The van der Waals surface area contributed by atoms with Gasteiger partial charge in [-0.2, -0.15) is 0 Å². The number of rotatable bonds is 3. The Kier molecular flexibility index (Phi) is 6.32. The van der Waals surface area contributed by atoms with Gasteiger partial charge >= 0.3 is 0 Å². The van der Waals surface area contributed by atoms with Crippen LogP contribution < -0.4 is 10.2 Å². The van der Waals surface area contributed by atoms with E-state index in [2.05, 4.69) is 53.6 Å². The highest BCUT2D eigenvalue weighted by molar-refractivity contribution is 14.2. The molecule has 0 bridgehead atoms. The first kappa shape index (κ1) is 20.5. The number of carbonyl (C=O) groups excluding carboxylic acids is 3. The number of benzene rings is 1. The van der Waals surface area contributed by atoms with E-state index in [0.717, 1.165) is 44.0 Å². The molecule has 0 saturated carbocycles. The molecule has 0 radical (unpaired) electrons. The van der Waals surface area contributed by atoms with E-state index in [1.165, 1.54) is 8.93 Å². The van der Waals surface area contributed by atoms with Crippen LogP contribution in [-0.4, -0.2) is 66.3 Å². The Morgan fingerprint density at radius 2 is 1.97 bits per heavy atom. The minimum Gasteiger partial charge on any atom is -0.369 e. The molecule has 4 rings (SSSR count). The molecule has 9 heteroatoms. The van der Waals surface area contributed by atoms with Gasteiger partial charge in [-0.1, -0.05) is 5.92 Å². The molecule has 1 N–H and O–H groups in total. The lowest BCUT2D eigenvalue weighted by molar-refractivity contribution is -0.136. The molecule has 3 aliphatic rings. The summed E-state index contributed by atoms with van der Waals surface area (Å²) in [5.41, 5.74) is 2.71. The van der Waals surface area contributed by atoms with Crippen LogP contribution in [0.25, 0.3) is 0 Å². The third-order valence-electron chi connectivity index (χ3n) is 5.66. The molecule has 3 heterocycles. The molecule has 2 fully saturated rings. The average molecular weight is 524 g/mol. The van der Waals surface area contributed by atoms with Crippen LogP contribution in [0.4, 0.5) is 5.69 Å². The van der Waals surface area contributed by atoms with Crippen molar-refractivity contribution in [1.29, 1.82) is 0 Å². The number of carbonyl (C=O) groups is 3. The maximum absolute atomic E-state index is 12.8. The summed E-state index contributed by atoms with van der Waals surface area (Å²) in [6, 6.07) is 5.36. The molecule has 1 aromatic rings. The second kappa shape index (κ2) is 8.93. The largest absolute Gasteiger partial charge is 0.369 e. The lowest BCUT2D eigenvalue weighted by Gasteiger charge is -2.35. The van der Waals surface area contributed by atoms with E-state index in [1.54, 1.807) is 4.90 Å². The van der Waals surface area contributed by atoms with E-state index in [4.69, 9.17) is 0 Å². The molecule has 0 spiro atoms. The van der Waals surface area contributed by atoms with Crippen LogP contribution in [0.3, 0.4) is 0 Å². The quantitative estimate of drug-likeness (QED) is 0.368. The molecule has 1 aromatic carbocycles. The number of nitrogens with one attached hydrogen (secondary N) is 1. The van der Waals surface area contributed by atoms with Crippen molar-refractivity contribution in [3.05, 3.63) is 29.3 Å². The highest BCUT2D eigenvalue weighted by Gasteiger charge is 2.39. The minimum atomic E-state index is -0.568. The molecule has 3 amide bonds. The maximum Gasteiger partial charge on any atom is 0.255 e. The van der Waals surface area contributed by atoms with Crippen LogP contribution in [-0.2, 0) is 16.1 Å². The van der Waals surface area contributed by atoms with E-state index in [1.807, 2.05) is 12.1 Å². The summed E-state index contributed by atoms with van der Waals surface area (Å²) in [6.45, 7) is 4.96. The lowest BCUT2D eigenvalue weighted by Crippen LogP contribution is -2.52. The predicted octanol–water partition coefficient (Wildman–Crippen LogP) is 1.61. The first-order chi connectivity index (χ1) is 14.1. The van der Waals surface area contributed by atoms with Gasteiger partial charge in [0.05, 0.1) is 6.54 Å². The number of halogens is 1. The highest BCUT2D eigenvalue weighted by Crippen LogP contribution is 2.30. The first-order valence-electron chi connectivity index (χ1n) is 9.57. The van der Waals surface area contributed by atoms with Gasteiger partial charge in [0.15, 0.2) is 0 Å². The van der Waals surface area contributed by atoms with Gasteiger partial charge in [0, 0.05) is 71.6 Å². The second-order valence-corrected chi connectivity index (χ2v) is 9.04. The average Bonchev–Trinajstić information content (AvgIpc) is 3.04. The smallest absolute Gasteiger partial charge is 0.255 e. The summed E-state index contributed by atoms with van der Waals surface area (Å²) in [6.07, 6.45) is 0.658. The van der Waals surface area contributed by atoms with Gasteiger partial charge in [0.2, 0.25) is 11.8 Å². The molecular formula is C20H21IN4O3S. The van der Waals surface area contributed by atoms with Gasteiger partial charge in [-0.15, -0.1) is 0 Å². The fourth-order valence-corrected chi connectivity index (χ4v) is 4.68. The molecule has 152 valence electrons. The number of hydrogen-bond donors (Lipinski definition) is 1. The number of piperazine rings is 1. The zero-order valence-corrected chi connectivity index (χ0v) is 18.8. The van der Waals surface area contributed by atoms with Crippen LogP contribution in [0.1, 0.15) is 28.8 Å². The number of anilines is 1. The summed E-state index contributed by atoms with van der Waals surface area (Å²) in [7, 11) is 1.51. The standard InChI is InChI=1S/C20H21IN4O3S/c21-29-11-1-6-23-7-9-24(10-8-23)15-2-3-16-14(12-15)13-25(20(16)28)17-4-5-18(26)22-19(17)27/h2-3,12,17H,4-10,13H2,(H,22,26,27). The number of nitrogens with zero attached hydrogens (tertiary/aromatic N) is 3. The van der Waals surface area contributed by atoms with E-state index < -0.39 is 6.04 Å². The Balaban J connectivity index is 1.42. The Bertz CT molecular complexity index is 905. The Morgan fingerprint density at radius 3 is 2.69 bits per heavy atom. The van der Waals surface area contributed by atoms with Gasteiger partial charge in [0.25, 0.3) is 5.91 Å². The minimum absolute atomic E-state index is 0.127. The van der Waals surface area contributed by atoms with Crippen LogP contribution >= 0.6 is 30.1 Å². The molecule has 1 atom stereocenters. The topological polar surface area (TPSA) is 73.0 Å². The lowest BCUT2D eigenvalue weighted by atomic mass is 10.0. The van der Waals surface area contributed by atoms with Crippen molar-refractivity contribution in [3.63, 3.8) is 0 Å². The Hall–Kier alpha value is -1.77. The van der Waals surface area contributed by atoms with E-state index >= 15 is 0 Å². The van der Waals surface area contributed by atoms with Crippen molar-refractivity contribution < 1.29 is 14.4 Å². The summed E-state index contributed by atoms with van der Waals surface area (Å²) in [5, 5.41) is 5.36. The maximum atomic E-state index is 12.8. The molecule has 29 heavy (non-hydrogen) atoms. The van der Waals surface area contributed by atoms with Gasteiger partial charge in [0.1, 0.15) is 6.04 Å². The third-order valence-corrected chi connectivity index (χ3v) is 6.54. The van der Waals surface area contributed by atoms with E-state index in [-0.39, 0.29) is 24.1 Å². The van der Waals surface area contributed by atoms with Gasteiger partial charge in [-0.25, -0.2) is 0 Å². The summed E-state index contributed by atoms with van der Waals surface area (Å²) in [4.78, 5) is 42.6. The van der Waals surface area contributed by atoms with Crippen LogP contribution in [0, 0.1) is 11.2 Å². The van der Waals surface area contributed by atoms with Crippen molar-refractivity contribution in [2.45, 2.75) is 25.4 Å². The molecule has 2 saturated heterocycles. The van der Waals surface area contributed by atoms with Crippen molar-refractivity contribution in [3.8, 4) is 11.2 Å². The van der Waals surface area contributed by atoms with Crippen LogP contribution in [0.2, 0.25) is 0 Å². The SMILES string of the molecule is O=C1CCC(N2Cc3cc(N4CCN(CC#CSI)CC4)ccc3C2=O)C(=O)N1.